The summed E-state index contributed by atoms with van der Waals surface area (Å²) in [5.74, 6) is 0. The Kier molecular flexibility index (Phi) is 6.28. The van der Waals surface area contributed by atoms with Gasteiger partial charge in [-0.1, -0.05) is 31.9 Å². The van der Waals surface area contributed by atoms with Crippen molar-refractivity contribution in [2.24, 2.45) is 0 Å². The molecular weight excluding hydrogens is 329 g/mol. The van der Waals surface area contributed by atoms with Gasteiger partial charge in [-0.25, -0.2) is 0 Å². The predicted octanol–water partition coefficient (Wildman–Crippen LogP) is 4.98. The standard InChI is InChI=1S/C19H23F3N2O/c1-3-4-5-10-24-14(2)11-17(12-18(24)25)23-13-15-6-8-16(9-7-15)19(20,21)22/h6-9,11-12,23H,3-5,10,13H2,1-2H3. The van der Waals surface area contributed by atoms with Gasteiger partial charge in [-0.05, 0) is 37.1 Å². The van der Waals surface area contributed by atoms with Gasteiger partial charge in [-0.3, -0.25) is 4.79 Å². The first kappa shape index (κ1) is 19.1. The number of pyridine rings is 1. The Balaban J connectivity index is 2.02. The molecule has 0 spiro atoms. The molecule has 3 nitrogen and oxygen atoms in total. The van der Waals surface area contributed by atoms with Gasteiger partial charge in [0.25, 0.3) is 5.56 Å². The molecule has 0 unspecified atom stereocenters. The van der Waals surface area contributed by atoms with Gasteiger partial charge < -0.3 is 9.88 Å². The van der Waals surface area contributed by atoms with Crippen molar-refractivity contribution in [2.75, 3.05) is 5.32 Å². The third-order valence-corrected chi connectivity index (χ3v) is 4.10. The first-order valence-electron chi connectivity index (χ1n) is 8.42. The third-order valence-electron chi connectivity index (χ3n) is 4.10. The van der Waals surface area contributed by atoms with Gasteiger partial charge in [0, 0.05) is 30.5 Å². The third kappa shape index (κ3) is 5.37. The molecule has 2 aromatic rings. The molecule has 0 saturated carbocycles. The number of hydrogen-bond acceptors (Lipinski definition) is 2. The number of nitrogens with zero attached hydrogens (tertiary/aromatic N) is 1. The second-order valence-electron chi connectivity index (χ2n) is 6.13. The predicted molar refractivity (Wildman–Crippen MR) is 93.7 cm³/mol. The summed E-state index contributed by atoms with van der Waals surface area (Å²) in [5.41, 5.74) is 1.54. The van der Waals surface area contributed by atoms with E-state index >= 15 is 0 Å². The molecule has 0 aliphatic heterocycles. The minimum Gasteiger partial charge on any atom is -0.381 e. The molecule has 0 amide bonds. The van der Waals surface area contributed by atoms with E-state index in [1.54, 1.807) is 4.57 Å². The monoisotopic (exact) mass is 352 g/mol. The summed E-state index contributed by atoms with van der Waals surface area (Å²) >= 11 is 0. The Morgan fingerprint density at radius 2 is 1.76 bits per heavy atom. The molecule has 6 heteroatoms. The van der Waals surface area contributed by atoms with Crippen LogP contribution in [0.25, 0.3) is 0 Å². The Morgan fingerprint density at radius 1 is 1.08 bits per heavy atom. The minimum atomic E-state index is -4.33. The molecule has 2 rings (SSSR count). The summed E-state index contributed by atoms with van der Waals surface area (Å²) in [7, 11) is 0. The maximum atomic E-state index is 12.6. The molecule has 0 aliphatic rings. The van der Waals surface area contributed by atoms with Crippen molar-refractivity contribution in [3.63, 3.8) is 0 Å². The van der Waals surface area contributed by atoms with E-state index in [0.29, 0.717) is 18.8 Å². The second-order valence-corrected chi connectivity index (χ2v) is 6.13. The van der Waals surface area contributed by atoms with Crippen LogP contribution in [0.2, 0.25) is 0 Å². The van der Waals surface area contributed by atoms with E-state index in [1.807, 2.05) is 13.0 Å². The van der Waals surface area contributed by atoms with Crippen LogP contribution in [-0.2, 0) is 19.3 Å². The maximum Gasteiger partial charge on any atom is 0.416 e. The molecule has 0 bridgehead atoms. The van der Waals surface area contributed by atoms with Gasteiger partial charge >= 0.3 is 6.18 Å². The fourth-order valence-corrected chi connectivity index (χ4v) is 2.65. The lowest BCUT2D eigenvalue weighted by molar-refractivity contribution is -0.137. The number of nitrogens with one attached hydrogen (secondary N) is 1. The van der Waals surface area contributed by atoms with Crippen LogP contribution in [0.15, 0.2) is 41.2 Å². The van der Waals surface area contributed by atoms with E-state index in [0.717, 1.165) is 42.7 Å². The Hall–Kier alpha value is -2.24. The largest absolute Gasteiger partial charge is 0.416 e. The Morgan fingerprint density at radius 3 is 2.32 bits per heavy atom. The summed E-state index contributed by atoms with van der Waals surface area (Å²) < 4.78 is 39.4. The number of rotatable bonds is 7. The second kappa shape index (κ2) is 8.23. The molecule has 0 aliphatic carbocycles. The van der Waals surface area contributed by atoms with Crippen LogP contribution in [0.4, 0.5) is 18.9 Å². The molecule has 1 N–H and O–H groups in total. The van der Waals surface area contributed by atoms with Crippen LogP contribution < -0.4 is 10.9 Å². The molecule has 25 heavy (non-hydrogen) atoms. The van der Waals surface area contributed by atoms with Crippen molar-refractivity contribution in [1.29, 1.82) is 0 Å². The van der Waals surface area contributed by atoms with Crippen molar-refractivity contribution in [2.45, 2.75) is 52.4 Å². The van der Waals surface area contributed by atoms with Crippen LogP contribution >= 0.6 is 0 Å². The van der Waals surface area contributed by atoms with Crippen LogP contribution in [0.3, 0.4) is 0 Å². The molecule has 1 aromatic heterocycles. The van der Waals surface area contributed by atoms with Gasteiger partial charge in [0.1, 0.15) is 0 Å². The van der Waals surface area contributed by atoms with Crippen molar-refractivity contribution in [1.82, 2.24) is 4.57 Å². The molecule has 1 aromatic carbocycles. The summed E-state index contributed by atoms with van der Waals surface area (Å²) in [6.07, 6.45) is -1.18. The summed E-state index contributed by atoms with van der Waals surface area (Å²) in [4.78, 5) is 12.2. The number of hydrogen-bond donors (Lipinski definition) is 1. The van der Waals surface area contributed by atoms with Gasteiger partial charge in [-0.2, -0.15) is 13.2 Å². The number of anilines is 1. The molecule has 0 atom stereocenters. The molecule has 1 heterocycles. The summed E-state index contributed by atoms with van der Waals surface area (Å²) in [6.45, 7) is 5.06. The number of halogens is 3. The van der Waals surface area contributed by atoms with E-state index in [9.17, 15) is 18.0 Å². The van der Waals surface area contributed by atoms with Crippen LogP contribution in [0, 0.1) is 6.92 Å². The van der Waals surface area contributed by atoms with E-state index in [4.69, 9.17) is 0 Å². The van der Waals surface area contributed by atoms with Crippen LogP contribution in [-0.4, -0.2) is 4.57 Å². The quantitative estimate of drug-likeness (QED) is 0.713. The van der Waals surface area contributed by atoms with E-state index < -0.39 is 11.7 Å². The van der Waals surface area contributed by atoms with Crippen molar-refractivity contribution in [3.8, 4) is 0 Å². The summed E-state index contributed by atoms with van der Waals surface area (Å²) in [6, 6.07) is 8.42. The van der Waals surface area contributed by atoms with Gasteiger partial charge in [0.2, 0.25) is 0 Å². The fraction of sp³-hybridized carbons (Fsp3) is 0.421. The van der Waals surface area contributed by atoms with Crippen molar-refractivity contribution >= 4 is 5.69 Å². The molecule has 0 fully saturated rings. The zero-order chi connectivity index (χ0) is 18.4. The highest BCUT2D eigenvalue weighted by Crippen LogP contribution is 2.29. The number of unbranched alkanes of at least 4 members (excludes halogenated alkanes) is 2. The summed E-state index contributed by atoms with van der Waals surface area (Å²) in [5, 5.41) is 3.10. The van der Waals surface area contributed by atoms with Crippen molar-refractivity contribution < 1.29 is 13.2 Å². The van der Waals surface area contributed by atoms with Gasteiger partial charge in [-0.15, -0.1) is 0 Å². The highest BCUT2D eigenvalue weighted by molar-refractivity contribution is 5.44. The highest BCUT2D eigenvalue weighted by Gasteiger charge is 2.29. The highest BCUT2D eigenvalue weighted by atomic mass is 19.4. The zero-order valence-electron chi connectivity index (χ0n) is 14.5. The normalized spacial score (nSPS) is 11.6. The number of aromatic nitrogens is 1. The van der Waals surface area contributed by atoms with Gasteiger partial charge in [0.15, 0.2) is 0 Å². The van der Waals surface area contributed by atoms with E-state index in [-0.39, 0.29) is 5.56 Å². The first-order valence-corrected chi connectivity index (χ1v) is 8.42. The molecule has 136 valence electrons. The lowest BCUT2D eigenvalue weighted by Crippen LogP contribution is -2.22. The minimum absolute atomic E-state index is 0.0639. The lowest BCUT2D eigenvalue weighted by Gasteiger charge is -2.13. The molecule has 0 saturated heterocycles. The van der Waals surface area contributed by atoms with E-state index in [2.05, 4.69) is 12.2 Å². The smallest absolute Gasteiger partial charge is 0.381 e. The number of aryl methyl sites for hydroxylation is 1. The molecular formula is C19H23F3N2O. The first-order chi connectivity index (χ1) is 11.8. The fourth-order valence-electron chi connectivity index (χ4n) is 2.65. The SMILES string of the molecule is CCCCCn1c(C)cc(NCc2ccc(C(F)(F)F)cc2)cc1=O. The lowest BCUT2D eigenvalue weighted by atomic mass is 10.1. The van der Waals surface area contributed by atoms with Crippen LogP contribution in [0.1, 0.15) is 43.0 Å². The van der Waals surface area contributed by atoms with Crippen molar-refractivity contribution in [3.05, 3.63) is 63.6 Å². The maximum absolute atomic E-state index is 12.6. The average Bonchev–Trinajstić information content (AvgIpc) is 2.55. The number of alkyl halides is 3. The topological polar surface area (TPSA) is 34.0 Å². The average molecular weight is 352 g/mol. The Bertz CT molecular complexity index is 749. The zero-order valence-corrected chi connectivity index (χ0v) is 14.5. The van der Waals surface area contributed by atoms with E-state index in [1.165, 1.54) is 18.2 Å². The molecule has 0 radical (unpaired) electrons. The number of benzene rings is 1. The Labute approximate surface area is 145 Å². The van der Waals surface area contributed by atoms with Crippen LogP contribution in [0.5, 0.6) is 0 Å². The van der Waals surface area contributed by atoms with Gasteiger partial charge in [0.05, 0.1) is 5.56 Å².